The van der Waals surface area contributed by atoms with Crippen LogP contribution in [0.25, 0.3) is 0 Å². The Labute approximate surface area is 103 Å². The number of hydrogen-bond donors (Lipinski definition) is 1. The molecule has 2 rings (SSSR count). The van der Waals surface area contributed by atoms with Crippen LogP contribution in [-0.2, 0) is 9.53 Å². The third-order valence-corrected chi connectivity index (χ3v) is 3.87. The van der Waals surface area contributed by atoms with Crippen LogP contribution < -0.4 is 5.73 Å². The van der Waals surface area contributed by atoms with Crippen molar-refractivity contribution in [3.63, 3.8) is 0 Å². The van der Waals surface area contributed by atoms with Crippen LogP contribution in [0.2, 0.25) is 0 Å². The summed E-state index contributed by atoms with van der Waals surface area (Å²) in [6, 6.07) is 1.11. The third-order valence-electron chi connectivity index (χ3n) is 3.87. The lowest BCUT2D eigenvalue weighted by Crippen LogP contribution is -2.50. The molecule has 0 aromatic heterocycles. The molecular formula is C13H24N2O2. The molecule has 2 atom stereocenters. The molecule has 2 N–H and O–H groups in total. The van der Waals surface area contributed by atoms with E-state index >= 15 is 0 Å². The van der Waals surface area contributed by atoms with Gasteiger partial charge in [-0.25, -0.2) is 0 Å². The molecule has 2 unspecified atom stereocenters. The smallest absolute Gasteiger partial charge is 0.225 e. The minimum atomic E-state index is 0.264. The van der Waals surface area contributed by atoms with E-state index in [0.717, 1.165) is 38.7 Å². The van der Waals surface area contributed by atoms with E-state index in [9.17, 15) is 4.79 Å². The minimum absolute atomic E-state index is 0.264. The average Bonchev–Trinajstić information content (AvgIpc) is 2.57. The van der Waals surface area contributed by atoms with E-state index in [2.05, 4.69) is 11.8 Å². The van der Waals surface area contributed by atoms with Crippen molar-refractivity contribution < 1.29 is 9.53 Å². The van der Waals surface area contributed by atoms with Crippen LogP contribution in [0.15, 0.2) is 0 Å². The molecular weight excluding hydrogens is 216 g/mol. The van der Waals surface area contributed by atoms with Crippen molar-refractivity contribution >= 4 is 5.91 Å². The first-order chi connectivity index (χ1) is 8.22. The lowest BCUT2D eigenvalue weighted by molar-refractivity contribution is -0.136. The number of rotatable bonds is 5. The number of piperidine rings is 1. The van der Waals surface area contributed by atoms with Crippen molar-refractivity contribution in [2.75, 3.05) is 13.2 Å². The molecule has 0 aliphatic carbocycles. The largest absolute Gasteiger partial charge is 0.381 e. The van der Waals surface area contributed by atoms with Gasteiger partial charge in [0.2, 0.25) is 5.91 Å². The van der Waals surface area contributed by atoms with E-state index in [1.807, 2.05) is 0 Å². The zero-order chi connectivity index (χ0) is 12.3. The summed E-state index contributed by atoms with van der Waals surface area (Å²) in [6.45, 7) is 3.40. The fourth-order valence-corrected chi connectivity index (χ4v) is 3.16. The molecule has 2 heterocycles. The van der Waals surface area contributed by atoms with Gasteiger partial charge < -0.3 is 15.4 Å². The molecule has 2 fully saturated rings. The Morgan fingerprint density at radius 2 is 1.94 bits per heavy atom. The number of fused-ring (bicyclic) bond motifs is 2. The summed E-state index contributed by atoms with van der Waals surface area (Å²) in [5, 5.41) is 0. The molecule has 4 nitrogen and oxygen atoms in total. The second-order valence-corrected chi connectivity index (χ2v) is 5.28. The summed E-state index contributed by atoms with van der Waals surface area (Å²) in [5.74, 6) is 0.264. The van der Waals surface area contributed by atoms with Crippen LogP contribution in [0.1, 0.15) is 45.4 Å². The SMILES string of the molecule is CCCOCCC(=O)N1C2CCC1CC(N)C2. The molecule has 0 spiro atoms. The van der Waals surface area contributed by atoms with E-state index < -0.39 is 0 Å². The van der Waals surface area contributed by atoms with Gasteiger partial charge in [-0.1, -0.05) is 6.92 Å². The molecule has 1 amide bonds. The predicted molar refractivity (Wildman–Crippen MR) is 66.6 cm³/mol. The molecule has 0 aromatic rings. The Balaban J connectivity index is 1.80. The van der Waals surface area contributed by atoms with E-state index in [1.165, 1.54) is 0 Å². The molecule has 2 aliphatic heterocycles. The van der Waals surface area contributed by atoms with Crippen molar-refractivity contribution in [2.24, 2.45) is 5.73 Å². The number of carbonyl (C=O) groups excluding carboxylic acids is 1. The van der Waals surface area contributed by atoms with Crippen LogP contribution in [0.5, 0.6) is 0 Å². The molecule has 17 heavy (non-hydrogen) atoms. The van der Waals surface area contributed by atoms with Gasteiger partial charge in [-0.2, -0.15) is 0 Å². The predicted octanol–water partition coefficient (Wildman–Crippen LogP) is 1.28. The average molecular weight is 240 g/mol. The van der Waals surface area contributed by atoms with Gasteiger partial charge in [0.1, 0.15) is 0 Å². The van der Waals surface area contributed by atoms with Crippen LogP contribution >= 0.6 is 0 Å². The normalized spacial score (nSPS) is 31.9. The highest BCUT2D eigenvalue weighted by Crippen LogP contribution is 2.35. The first-order valence-electron chi connectivity index (χ1n) is 6.86. The van der Waals surface area contributed by atoms with Crippen molar-refractivity contribution in [2.45, 2.75) is 63.6 Å². The summed E-state index contributed by atoms with van der Waals surface area (Å²) >= 11 is 0. The van der Waals surface area contributed by atoms with Crippen molar-refractivity contribution in [1.29, 1.82) is 0 Å². The highest BCUT2D eigenvalue weighted by Gasteiger charge is 2.41. The summed E-state index contributed by atoms with van der Waals surface area (Å²) < 4.78 is 5.38. The van der Waals surface area contributed by atoms with Crippen LogP contribution in [0.4, 0.5) is 0 Å². The van der Waals surface area contributed by atoms with E-state index in [-0.39, 0.29) is 5.91 Å². The Hall–Kier alpha value is -0.610. The van der Waals surface area contributed by atoms with Gasteiger partial charge in [0.15, 0.2) is 0 Å². The highest BCUT2D eigenvalue weighted by atomic mass is 16.5. The van der Waals surface area contributed by atoms with Crippen LogP contribution in [-0.4, -0.2) is 42.1 Å². The van der Waals surface area contributed by atoms with Gasteiger partial charge >= 0.3 is 0 Å². The molecule has 0 radical (unpaired) electrons. The first-order valence-corrected chi connectivity index (χ1v) is 6.86. The van der Waals surface area contributed by atoms with E-state index in [4.69, 9.17) is 10.5 Å². The van der Waals surface area contributed by atoms with E-state index in [1.54, 1.807) is 0 Å². The van der Waals surface area contributed by atoms with E-state index in [0.29, 0.717) is 31.2 Å². The van der Waals surface area contributed by atoms with Gasteiger partial charge in [0.25, 0.3) is 0 Å². The Morgan fingerprint density at radius 3 is 2.53 bits per heavy atom. The Bertz CT molecular complexity index is 256. The number of nitrogens with two attached hydrogens (primary N) is 1. The van der Waals surface area contributed by atoms with Crippen molar-refractivity contribution in [3.8, 4) is 0 Å². The topological polar surface area (TPSA) is 55.6 Å². The second kappa shape index (κ2) is 5.83. The fraction of sp³-hybridized carbons (Fsp3) is 0.923. The number of carbonyl (C=O) groups is 1. The van der Waals surface area contributed by atoms with Crippen molar-refractivity contribution in [1.82, 2.24) is 4.90 Å². The molecule has 2 aliphatic rings. The molecule has 98 valence electrons. The summed E-state index contributed by atoms with van der Waals surface area (Å²) in [7, 11) is 0. The number of amides is 1. The maximum absolute atomic E-state index is 12.1. The molecule has 0 saturated carbocycles. The fourth-order valence-electron chi connectivity index (χ4n) is 3.16. The molecule has 2 bridgehead atoms. The zero-order valence-corrected chi connectivity index (χ0v) is 10.7. The van der Waals surface area contributed by atoms with Gasteiger partial charge in [0.05, 0.1) is 13.0 Å². The number of hydrogen-bond acceptors (Lipinski definition) is 3. The lowest BCUT2D eigenvalue weighted by Gasteiger charge is -2.37. The van der Waals surface area contributed by atoms with Gasteiger partial charge in [0, 0.05) is 24.7 Å². The molecule has 2 saturated heterocycles. The second-order valence-electron chi connectivity index (χ2n) is 5.28. The summed E-state index contributed by atoms with van der Waals surface area (Å²) in [5.41, 5.74) is 5.99. The first kappa shape index (κ1) is 12.8. The third kappa shape index (κ3) is 2.99. The lowest BCUT2D eigenvalue weighted by atomic mass is 9.98. The molecule has 0 aromatic carbocycles. The molecule has 4 heteroatoms. The van der Waals surface area contributed by atoms with Gasteiger partial charge in [-0.3, -0.25) is 4.79 Å². The van der Waals surface area contributed by atoms with Crippen LogP contribution in [0.3, 0.4) is 0 Å². The monoisotopic (exact) mass is 240 g/mol. The Kier molecular flexibility index (Phi) is 4.40. The minimum Gasteiger partial charge on any atom is -0.381 e. The summed E-state index contributed by atoms with van der Waals surface area (Å²) in [6.07, 6.45) is 5.79. The highest BCUT2D eigenvalue weighted by molar-refractivity contribution is 5.77. The summed E-state index contributed by atoms with van der Waals surface area (Å²) in [4.78, 5) is 14.2. The quantitative estimate of drug-likeness (QED) is 0.737. The van der Waals surface area contributed by atoms with Crippen molar-refractivity contribution in [3.05, 3.63) is 0 Å². The maximum Gasteiger partial charge on any atom is 0.225 e. The number of nitrogens with zero attached hydrogens (tertiary/aromatic N) is 1. The number of ether oxygens (including phenoxy) is 1. The Morgan fingerprint density at radius 1 is 1.29 bits per heavy atom. The maximum atomic E-state index is 12.1. The standard InChI is InChI=1S/C13H24N2O2/c1-2-6-17-7-5-13(16)15-11-3-4-12(15)9-10(14)8-11/h10-12H,2-9,14H2,1H3. The van der Waals surface area contributed by atoms with Gasteiger partial charge in [-0.05, 0) is 32.1 Å². The zero-order valence-electron chi connectivity index (χ0n) is 10.7. The van der Waals surface area contributed by atoms with Gasteiger partial charge in [-0.15, -0.1) is 0 Å². The van der Waals surface area contributed by atoms with Crippen LogP contribution in [0, 0.1) is 0 Å².